The van der Waals surface area contributed by atoms with Gasteiger partial charge in [0.05, 0.1) is 22.1 Å². The SMILES string of the molecule is Clc1ccc(-c2ccc3c(c2)n2c4ccccc4nc2n3-c2ccccc2)cc1. The van der Waals surface area contributed by atoms with Crippen molar-refractivity contribution in [3.05, 3.63) is 102 Å². The second-order valence-corrected chi connectivity index (χ2v) is 7.55. The molecule has 4 heteroatoms. The van der Waals surface area contributed by atoms with Gasteiger partial charge in [-0.3, -0.25) is 8.97 Å². The number of hydrogen-bond acceptors (Lipinski definition) is 1. The molecular formula is C25H16ClN3. The molecule has 3 nitrogen and oxygen atoms in total. The molecule has 138 valence electrons. The molecule has 2 heterocycles. The van der Waals surface area contributed by atoms with E-state index in [1.165, 1.54) is 0 Å². The van der Waals surface area contributed by atoms with E-state index in [4.69, 9.17) is 16.6 Å². The molecule has 0 aliphatic heterocycles. The van der Waals surface area contributed by atoms with Crippen LogP contribution in [0.4, 0.5) is 0 Å². The Morgan fingerprint density at radius 1 is 0.621 bits per heavy atom. The smallest absolute Gasteiger partial charge is 0.220 e. The van der Waals surface area contributed by atoms with Crippen LogP contribution in [0, 0.1) is 0 Å². The summed E-state index contributed by atoms with van der Waals surface area (Å²) in [7, 11) is 0. The normalized spacial score (nSPS) is 11.6. The molecule has 0 unspecified atom stereocenters. The Labute approximate surface area is 172 Å². The van der Waals surface area contributed by atoms with Crippen LogP contribution in [-0.4, -0.2) is 14.0 Å². The van der Waals surface area contributed by atoms with E-state index >= 15 is 0 Å². The van der Waals surface area contributed by atoms with Crippen molar-refractivity contribution >= 4 is 39.4 Å². The molecule has 0 bridgehead atoms. The lowest BCUT2D eigenvalue weighted by Gasteiger charge is -2.06. The number of rotatable bonds is 2. The second kappa shape index (κ2) is 6.23. The van der Waals surface area contributed by atoms with E-state index in [9.17, 15) is 0 Å². The van der Waals surface area contributed by atoms with Crippen molar-refractivity contribution in [2.45, 2.75) is 0 Å². The number of aromatic nitrogens is 3. The summed E-state index contributed by atoms with van der Waals surface area (Å²) < 4.78 is 4.47. The second-order valence-electron chi connectivity index (χ2n) is 7.12. The van der Waals surface area contributed by atoms with Crippen LogP contribution in [0.25, 0.3) is 44.7 Å². The standard InChI is InChI=1S/C25H16ClN3/c26-19-13-10-17(11-14-19)18-12-15-23-24(16-18)29-22-9-5-4-8-21(22)27-25(29)28(23)20-6-2-1-3-7-20/h1-16H. The van der Waals surface area contributed by atoms with E-state index in [1.54, 1.807) is 0 Å². The minimum Gasteiger partial charge on any atom is -0.278 e. The molecule has 0 radical (unpaired) electrons. The van der Waals surface area contributed by atoms with Crippen molar-refractivity contribution in [3.63, 3.8) is 0 Å². The summed E-state index contributed by atoms with van der Waals surface area (Å²) in [5, 5.41) is 0.744. The lowest BCUT2D eigenvalue weighted by molar-refractivity contribution is 1.11. The van der Waals surface area contributed by atoms with Crippen LogP contribution in [0.5, 0.6) is 0 Å². The molecule has 0 N–H and O–H groups in total. The summed E-state index contributed by atoms with van der Waals surface area (Å²) in [4.78, 5) is 4.95. The number of benzene rings is 4. The Morgan fingerprint density at radius 3 is 2.17 bits per heavy atom. The highest BCUT2D eigenvalue weighted by molar-refractivity contribution is 6.30. The quantitative estimate of drug-likeness (QED) is 0.319. The average Bonchev–Trinajstić information content (AvgIpc) is 3.29. The molecule has 6 rings (SSSR count). The van der Waals surface area contributed by atoms with Gasteiger partial charge in [-0.1, -0.05) is 60.1 Å². The molecule has 29 heavy (non-hydrogen) atoms. The summed E-state index contributed by atoms with van der Waals surface area (Å²) >= 11 is 6.08. The maximum atomic E-state index is 6.08. The Kier molecular flexibility index (Phi) is 3.52. The number of fused-ring (bicyclic) bond motifs is 5. The van der Waals surface area contributed by atoms with Crippen molar-refractivity contribution in [3.8, 4) is 16.8 Å². The van der Waals surface area contributed by atoms with Crippen LogP contribution in [0.15, 0.2) is 97.1 Å². The minimum absolute atomic E-state index is 0.744. The predicted octanol–water partition coefficient (Wildman–Crippen LogP) is 6.75. The zero-order valence-electron chi connectivity index (χ0n) is 15.5. The zero-order chi connectivity index (χ0) is 19.4. The van der Waals surface area contributed by atoms with E-state index in [2.05, 4.69) is 81.8 Å². The van der Waals surface area contributed by atoms with E-state index in [1.807, 2.05) is 24.3 Å². The van der Waals surface area contributed by atoms with Gasteiger partial charge in [0.1, 0.15) is 0 Å². The van der Waals surface area contributed by atoms with E-state index < -0.39 is 0 Å². The Hall–Kier alpha value is -3.56. The molecule has 4 aromatic carbocycles. The highest BCUT2D eigenvalue weighted by atomic mass is 35.5. The topological polar surface area (TPSA) is 22.2 Å². The lowest BCUT2D eigenvalue weighted by Crippen LogP contribution is -1.94. The first kappa shape index (κ1) is 16.4. The number of hydrogen-bond donors (Lipinski definition) is 0. The third-order valence-electron chi connectivity index (χ3n) is 5.39. The van der Waals surface area contributed by atoms with Crippen molar-refractivity contribution in [2.24, 2.45) is 0 Å². The Morgan fingerprint density at radius 2 is 1.34 bits per heavy atom. The predicted molar refractivity (Wildman–Crippen MR) is 120 cm³/mol. The van der Waals surface area contributed by atoms with Crippen LogP contribution >= 0.6 is 11.6 Å². The fourth-order valence-electron chi connectivity index (χ4n) is 4.05. The monoisotopic (exact) mass is 393 g/mol. The van der Waals surface area contributed by atoms with Gasteiger partial charge in [0.15, 0.2) is 0 Å². The fraction of sp³-hybridized carbons (Fsp3) is 0. The molecule has 6 aromatic rings. The molecule has 0 atom stereocenters. The van der Waals surface area contributed by atoms with Crippen molar-refractivity contribution in [2.75, 3.05) is 0 Å². The van der Waals surface area contributed by atoms with Gasteiger partial charge in [-0.25, -0.2) is 4.98 Å². The summed E-state index contributed by atoms with van der Waals surface area (Å²) in [6.45, 7) is 0. The molecule has 0 amide bonds. The lowest BCUT2D eigenvalue weighted by atomic mass is 10.1. The molecule has 0 aliphatic rings. The van der Waals surface area contributed by atoms with Crippen LogP contribution in [0.3, 0.4) is 0 Å². The summed E-state index contributed by atoms with van der Waals surface area (Å²) in [6.07, 6.45) is 0. The fourth-order valence-corrected chi connectivity index (χ4v) is 4.18. The van der Waals surface area contributed by atoms with E-state index in [0.29, 0.717) is 0 Å². The van der Waals surface area contributed by atoms with Gasteiger partial charge >= 0.3 is 0 Å². The summed E-state index contributed by atoms with van der Waals surface area (Å²) in [6, 6.07) is 33.2. The first-order valence-corrected chi connectivity index (χ1v) is 9.90. The van der Waals surface area contributed by atoms with Crippen molar-refractivity contribution in [1.29, 1.82) is 0 Å². The van der Waals surface area contributed by atoms with Gasteiger partial charge in [0, 0.05) is 10.7 Å². The number of halogens is 1. The van der Waals surface area contributed by atoms with Crippen LogP contribution in [-0.2, 0) is 0 Å². The number of nitrogens with zero attached hydrogens (tertiary/aromatic N) is 3. The van der Waals surface area contributed by atoms with Gasteiger partial charge in [0.2, 0.25) is 5.78 Å². The summed E-state index contributed by atoms with van der Waals surface area (Å²) in [5.74, 6) is 0.917. The van der Waals surface area contributed by atoms with Gasteiger partial charge < -0.3 is 0 Å². The van der Waals surface area contributed by atoms with Crippen molar-refractivity contribution in [1.82, 2.24) is 14.0 Å². The molecular weight excluding hydrogens is 378 g/mol. The van der Waals surface area contributed by atoms with Crippen LogP contribution in [0.2, 0.25) is 5.02 Å². The molecule has 0 saturated heterocycles. The van der Waals surface area contributed by atoms with Gasteiger partial charge in [-0.05, 0) is 59.7 Å². The third kappa shape index (κ3) is 2.48. The minimum atomic E-state index is 0.744. The largest absolute Gasteiger partial charge is 0.278 e. The first-order valence-electron chi connectivity index (χ1n) is 9.53. The van der Waals surface area contributed by atoms with Gasteiger partial charge in [-0.2, -0.15) is 0 Å². The van der Waals surface area contributed by atoms with Crippen LogP contribution in [0.1, 0.15) is 0 Å². The molecule has 0 aliphatic carbocycles. The maximum absolute atomic E-state index is 6.08. The molecule has 2 aromatic heterocycles. The van der Waals surface area contributed by atoms with Gasteiger partial charge in [-0.15, -0.1) is 0 Å². The van der Waals surface area contributed by atoms with E-state index in [0.717, 1.165) is 49.7 Å². The summed E-state index contributed by atoms with van der Waals surface area (Å²) in [5.41, 5.74) is 7.75. The highest BCUT2D eigenvalue weighted by Crippen LogP contribution is 2.32. The number of imidazole rings is 2. The van der Waals surface area contributed by atoms with E-state index in [-0.39, 0.29) is 0 Å². The third-order valence-corrected chi connectivity index (χ3v) is 5.64. The Bertz CT molecular complexity index is 1490. The highest BCUT2D eigenvalue weighted by Gasteiger charge is 2.17. The molecule has 0 saturated carbocycles. The Balaban J connectivity index is 1.74. The molecule has 0 spiro atoms. The number of para-hydroxylation sites is 3. The maximum Gasteiger partial charge on any atom is 0.220 e. The van der Waals surface area contributed by atoms with Crippen molar-refractivity contribution < 1.29 is 0 Å². The average molecular weight is 394 g/mol. The van der Waals surface area contributed by atoms with Gasteiger partial charge in [0.25, 0.3) is 0 Å². The molecule has 0 fully saturated rings. The zero-order valence-corrected chi connectivity index (χ0v) is 16.2. The van der Waals surface area contributed by atoms with Crippen LogP contribution < -0.4 is 0 Å². The first-order chi connectivity index (χ1) is 14.3.